The van der Waals surface area contributed by atoms with Gasteiger partial charge >= 0.3 is 0 Å². The molecule has 0 bridgehead atoms. The van der Waals surface area contributed by atoms with Crippen molar-refractivity contribution < 1.29 is 0 Å². The van der Waals surface area contributed by atoms with Crippen LogP contribution >= 0.6 is 0 Å². The second-order valence-corrected chi connectivity index (χ2v) is 5.94. The van der Waals surface area contributed by atoms with Gasteiger partial charge in [-0.2, -0.15) is 0 Å². The van der Waals surface area contributed by atoms with Crippen LogP contribution < -0.4 is 5.32 Å². The van der Waals surface area contributed by atoms with E-state index in [4.69, 9.17) is 0 Å². The number of nitrogens with one attached hydrogen (secondary N) is 1. The minimum absolute atomic E-state index is 0.407. The van der Waals surface area contributed by atoms with Crippen molar-refractivity contribution in [2.45, 2.75) is 53.5 Å². The van der Waals surface area contributed by atoms with Gasteiger partial charge in [-0.3, -0.25) is 0 Å². The van der Waals surface area contributed by atoms with Crippen molar-refractivity contribution >= 4 is 0 Å². The zero-order chi connectivity index (χ0) is 11.9. The van der Waals surface area contributed by atoms with E-state index in [2.05, 4.69) is 51.9 Å². The van der Waals surface area contributed by atoms with Gasteiger partial charge in [-0.1, -0.05) is 34.1 Å². The normalized spacial score (nSPS) is 14.6. The topological polar surface area (TPSA) is 15.3 Å². The van der Waals surface area contributed by atoms with Crippen LogP contribution in [0.15, 0.2) is 0 Å². The highest BCUT2D eigenvalue weighted by atomic mass is 15.1. The summed E-state index contributed by atoms with van der Waals surface area (Å²) in [5, 5.41) is 3.56. The lowest BCUT2D eigenvalue weighted by Crippen LogP contribution is -2.37. The fourth-order valence-corrected chi connectivity index (χ4v) is 1.93. The fourth-order valence-electron chi connectivity index (χ4n) is 1.93. The summed E-state index contributed by atoms with van der Waals surface area (Å²) in [6, 6.07) is 0.665. The summed E-state index contributed by atoms with van der Waals surface area (Å²) < 4.78 is 0. The molecule has 1 N–H and O–H groups in total. The molecule has 0 aliphatic rings. The maximum atomic E-state index is 3.56. The van der Waals surface area contributed by atoms with Crippen LogP contribution in [0.4, 0.5) is 0 Å². The van der Waals surface area contributed by atoms with Crippen molar-refractivity contribution in [3.05, 3.63) is 0 Å². The van der Waals surface area contributed by atoms with E-state index in [1.807, 2.05) is 0 Å². The van der Waals surface area contributed by atoms with E-state index in [9.17, 15) is 0 Å². The summed E-state index contributed by atoms with van der Waals surface area (Å²) in [4.78, 5) is 2.41. The molecule has 0 radical (unpaired) electrons. The van der Waals surface area contributed by atoms with Gasteiger partial charge in [0.15, 0.2) is 0 Å². The van der Waals surface area contributed by atoms with Crippen LogP contribution in [0.25, 0.3) is 0 Å². The van der Waals surface area contributed by atoms with Crippen molar-refractivity contribution in [2.24, 2.45) is 5.41 Å². The smallest absolute Gasteiger partial charge is 0.0104 e. The second-order valence-electron chi connectivity index (χ2n) is 5.94. The zero-order valence-corrected chi connectivity index (χ0v) is 11.6. The molecule has 0 saturated heterocycles. The predicted molar refractivity (Wildman–Crippen MR) is 69.3 cm³/mol. The van der Waals surface area contributed by atoms with Crippen molar-refractivity contribution in [3.63, 3.8) is 0 Å². The lowest BCUT2D eigenvalue weighted by molar-refractivity contribution is 0.225. The molecule has 1 atom stereocenters. The number of rotatable bonds is 7. The van der Waals surface area contributed by atoms with Crippen LogP contribution in [0.1, 0.15) is 47.5 Å². The first-order valence-corrected chi connectivity index (χ1v) is 6.27. The van der Waals surface area contributed by atoms with Crippen LogP contribution in [0.5, 0.6) is 0 Å². The van der Waals surface area contributed by atoms with Crippen molar-refractivity contribution in [1.29, 1.82) is 0 Å². The highest BCUT2D eigenvalue weighted by Crippen LogP contribution is 2.13. The quantitative estimate of drug-likeness (QED) is 0.701. The Balaban J connectivity index is 3.50. The molecule has 0 aromatic heterocycles. The van der Waals surface area contributed by atoms with E-state index in [0.29, 0.717) is 11.5 Å². The van der Waals surface area contributed by atoms with Gasteiger partial charge in [0.1, 0.15) is 0 Å². The molecule has 15 heavy (non-hydrogen) atoms. The fraction of sp³-hybridized carbons (Fsp3) is 1.00. The Hall–Kier alpha value is -0.0800. The third-order valence-electron chi connectivity index (χ3n) is 2.45. The largest absolute Gasteiger partial charge is 0.313 e. The van der Waals surface area contributed by atoms with Crippen LogP contribution in [-0.4, -0.2) is 37.6 Å². The molecule has 0 aliphatic carbocycles. The maximum absolute atomic E-state index is 3.56. The molecule has 0 fully saturated rings. The lowest BCUT2D eigenvalue weighted by Gasteiger charge is -2.27. The molecule has 0 aromatic carbocycles. The molecule has 92 valence electrons. The minimum atomic E-state index is 0.407. The molecular weight excluding hydrogens is 184 g/mol. The van der Waals surface area contributed by atoms with E-state index in [-0.39, 0.29) is 0 Å². The number of nitrogens with zero attached hydrogens (tertiary/aromatic N) is 1. The van der Waals surface area contributed by atoms with Gasteiger partial charge in [0.2, 0.25) is 0 Å². The van der Waals surface area contributed by atoms with Gasteiger partial charge in [0, 0.05) is 25.7 Å². The number of hydrogen-bond donors (Lipinski definition) is 1. The molecule has 0 spiro atoms. The zero-order valence-electron chi connectivity index (χ0n) is 11.6. The standard InChI is InChI=1S/C13H30N2/c1-7-8-12(2)14-9-10-15(6)11-13(3,4)5/h12,14H,7-11H2,1-6H3. The first-order chi connectivity index (χ1) is 6.85. The molecule has 2 nitrogen and oxygen atoms in total. The van der Waals surface area contributed by atoms with Gasteiger partial charge in [-0.25, -0.2) is 0 Å². The summed E-state index contributed by atoms with van der Waals surface area (Å²) in [6.07, 6.45) is 2.55. The summed E-state index contributed by atoms with van der Waals surface area (Å²) >= 11 is 0. The first kappa shape index (κ1) is 14.9. The predicted octanol–water partition coefficient (Wildman–Crippen LogP) is 2.74. The molecule has 0 aliphatic heterocycles. The summed E-state index contributed by atoms with van der Waals surface area (Å²) in [6.45, 7) is 14.8. The van der Waals surface area contributed by atoms with Crippen LogP contribution in [0.3, 0.4) is 0 Å². The molecule has 1 unspecified atom stereocenters. The Morgan fingerprint density at radius 1 is 1.27 bits per heavy atom. The number of likely N-dealkylation sites (N-methyl/N-ethyl adjacent to an activating group) is 1. The van der Waals surface area contributed by atoms with E-state index in [1.54, 1.807) is 0 Å². The summed E-state index contributed by atoms with van der Waals surface area (Å²) in [7, 11) is 2.21. The van der Waals surface area contributed by atoms with Crippen LogP contribution in [-0.2, 0) is 0 Å². The number of hydrogen-bond acceptors (Lipinski definition) is 2. The summed E-state index contributed by atoms with van der Waals surface area (Å²) in [5.74, 6) is 0. The van der Waals surface area contributed by atoms with Crippen molar-refractivity contribution in [1.82, 2.24) is 10.2 Å². The molecule has 2 heteroatoms. The lowest BCUT2D eigenvalue weighted by atomic mass is 9.96. The van der Waals surface area contributed by atoms with E-state index >= 15 is 0 Å². The SMILES string of the molecule is CCCC(C)NCCN(C)CC(C)(C)C. The monoisotopic (exact) mass is 214 g/mol. The Labute approximate surface area is 96.4 Å². The van der Waals surface area contributed by atoms with Crippen molar-refractivity contribution in [3.8, 4) is 0 Å². The van der Waals surface area contributed by atoms with Gasteiger partial charge < -0.3 is 10.2 Å². The Morgan fingerprint density at radius 3 is 2.33 bits per heavy atom. The molecule has 0 saturated carbocycles. The van der Waals surface area contributed by atoms with Gasteiger partial charge in [0.25, 0.3) is 0 Å². The van der Waals surface area contributed by atoms with Gasteiger partial charge in [-0.05, 0) is 25.8 Å². The van der Waals surface area contributed by atoms with Crippen molar-refractivity contribution in [2.75, 3.05) is 26.7 Å². The Bertz CT molecular complexity index is 149. The summed E-state index contributed by atoms with van der Waals surface area (Å²) in [5.41, 5.74) is 0.407. The second kappa shape index (κ2) is 7.24. The molecule has 0 heterocycles. The molecule has 0 aromatic rings. The van der Waals surface area contributed by atoms with E-state index < -0.39 is 0 Å². The Morgan fingerprint density at radius 2 is 1.87 bits per heavy atom. The molecule has 0 rings (SSSR count). The minimum Gasteiger partial charge on any atom is -0.313 e. The highest BCUT2D eigenvalue weighted by molar-refractivity contribution is 4.68. The Kier molecular flexibility index (Phi) is 7.20. The highest BCUT2D eigenvalue weighted by Gasteiger charge is 2.12. The third kappa shape index (κ3) is 10.2. The van der Waals surface area contributed by atoms with Gasteiger partial charge in [0.05, 0.1) is 0 Å². The molecule has 0 amide bonds. The van der Waals surface area contributed by atoms with E-state index in [0.717, 1.165) is 19.6 Å². The average molecular weight is 214 g/mol. The maximum Gasteiger partial charge on any atom is 0.0104 e. The first-order valence-electron chi connectivity index (χ1n) is 6.27. The van der Waals surface area contributed by atoms with Crippen LogP contribution in [0, 0.1) is 5.41 Å². The van der Waals surface area contributed by atoms with Crippen LogP contribution in [0.2, 0.25) is 0 Å². The van der Waals surface area contributed by atoms with Gasteiger partial charge in [-0.15, -0.1) is 0 Å². The average Bonchev–Trinajstić information content (AvgIpc) is 2.00. The third-order valence-corrected chi connectivity index (χ3v) is 2.45. The van der Waals surface area contributed by atoms with E-state index in [1.165, 1.54) is 12.8 Å². The molecular formula is C13H30N2.